The molecule has 1 aromatic rings. The summed E-state index contributed by atoms with van der Waals surface area (Å²) in [7, 11) is 0. The molecule has 0 bridgehead atoms. The Morgan fingerprint density at radius 2 is 2.15 bits per heavy atom. The largest absolute Gasteiger partial charge is 0.427 e. The highest BCUT2D eigenvalue weighted by atomic mass is 16.5. The number of carbonyl (C=O) groups is 1. The van der Waals surface area contributed by atoms with Gasteiger partial charge in [0.25, 0.3) is 0 Å². The zero-order valence-corrected chi connectivity index (χ0v) is 7.83. The van der Waals surface area contributed by atoms with E-state index in [0.29, 0.717) is 5.76 Å². The fourth-order valence-corrected chi connectivity index (χ4v) is 1.05. The van der Waals surface area contributed by atoms with E-state index in [1.165, 1.54) is 6.92 Å². The van der Waals surface area contributed by atoms with Crippen molar-refractivity contribution in [3.8, 4) is 0 Å². The molecule has 0 radical (unpaired) electrons. The minimum absolute atomic E-state index is 0.341. The van der Waals surface area contributed by atoms with Crippen LogP contribution in [0, 0.1) is 6.92 Å². The molecule has 0 saturated carbocycles. The molecule has 0 N–H and O–H groups in total. The molecular formula is C11H12O2. The quantitative estimate of drug-likeness (QED) is 0.511. The molecule has 0 aliphatic heterocycles. The number of aryl methyl sites for hydroxylation is 1. The predicted octanol–water partition coefficient (Wildman–Crippen LogP) is 2.53. The molecule has 1 rings (SSSR count). The average Bonchev–Trinajstić information content (AvgIpc) is 2.03. The van der Waals surface area contributed by atoms with Gasteiger partial charge in [0, 0.05) is 12.5 Å². The summed E-state index contributed by atoms with van der Waals surface area (Å²) in [6.45, 7) is 7.00. The summed E-state index contributed by atoms with van der Waals surface area (Å²) in [4.78, 5) is 10.6. The van der Waals surface area contributed by atoms with Crippen molar-refractivity contribution in [2.75, 3.05) is 0 Å². The van der Waals surface area contributed by atoms with Crippen LogP contribution in [0.15, 0.2) is 30.8 Å². The van der Waals surface area contributed by atoms with Gasteiger partial charge in [0.05, 0.1) is 0 Å². The van der Waals surface area contributed by atoms with Crippen LogP contribution in [0.2, 0.25) is 0 Å². The fraction of sp³-hybridized carbons (Fsp3) is 0.182. The number of rotatable bonds is 2. The molecule has 0 aromatic heterocycles. The van der Waals surface area contributed by atoms with Crippen LogP contribution in [0.25, 0.3) is 5.76 Å². The summed E-state index contributed by atoms with van der Waals surface area (Å²) in [5.74, 6) is 0.0581. The molecule has 68 valence electrons. The van der Waals surface area contributed by atoms with Gasteiger partial charge in [0.2, 0.25) is 0 Å². The van der Waals surface area contributed by atoms with E-state index in [-0.39, 0.29) is 5.97 Å². The fourth-order valence-electron chi connectivity index (χ4n) is 1.05. The first kappa shape index (κ1) is 9.52. The molecule has 0 heterocycles. The Morgan fingerprint density at radius 3 is 2.69 bits per heavy atom. The van der Waals surface area contributed by atoms with E-state index in [9.17, 15) is 4.79 Å². The Hall–Kier alpha value is -1.57. The molecule has 13 heavy (non-hydrogen) atoms. The number of esters is 1. The summed E-state index contributed by atoms with van der Waals surface area (Å²) in [5, 5.41) is 0. The number of hydrogen-bond acceptors (Lipinski definition) is 2. The normalized spacial score (nSPS) is 9.38. The Morgan fingerprint density at radius 1 is 1.46 bits per heavy atom. The van der Waals surface area contributed by atoms with Gasteiger partial charge in [0.15, 0.2) is 0 Å². The van der Waals surface area contributed by atoms with Crippen molar-refractivity contribution in [1.29, 1.82) is 0 Å². The van der Waals surface area contributed by atoms with E-state index >= 15 is 0 Å². The molecule has 0 aliphatic carbocycles. The predicted molar refractivity (Wildman–Crippen MR) is 52.0 cm³/mol. The standard InChI is InChI=1S/C11H12O2/c1-8-5-4-6-11(7-8)9(2)13-10(3)12/h4-7H,2H2,1,3H3. The van der Waals surface area contributed by atoms with Crippen molar-refractivity contribution < 1.29 is 9.53 Å². The van der Waals surface area contributed by atoms with Crippen LogP contribution in [-0.4, -0.2) is 5.97 Å². The number of benzene rings is 1. The van der Waals surface area contributed by atoms with Crippen molar-refractivity contribution >= 4 is 11.7 Å². The van der Waals surface area contributed by atoms with Crippen LogP contribution < -0.4 is 0 Å². The molecule has 0 amide bonds. The molecule has 0 aliphatic rings. The summed E-state index contributed by atoms with van der Waals surface area (Å²) in [5.41, 5.74) is 1.96. The molecule has 0 atom stereocenters. The zero-order chi connectivity index (χ0) is 9.84. The van der Waals surface area contributed by atoms with Gasteiger partial charge in [-0.25, -0.2) is 0 Å². The Bertz CT molecular complexity index is 340. The van der Waals surface area contributed by atoms with Crippen molar-refractivity contribution in [2.24, 2.45) is 0 Å². The molecule has 0 fully saturated rings. The lowest BCUT2D eigenvalue weighted by Gasteiger charge is -2.05. The summed E-state index contributed by atoms with van der Waals surface area (Å²) < 4.78 is 4.86. The number of ether oxygens (including phenoxy) is 1. The van der Waals surface area contributed by atoms with E-state index in [4.69, 9.17) is 4.74 Å². The first-order chi connectivity index (χ1) is 6.09. The topological polar surface area (TPSA) is 26.3 Å². The lowest BCUT2D eigenvalue weighted by molar-refractivity contribution is -0.134. The first-order valence-electron chi connectivity index (χ1n) is 4.04. The third-order valence-corrected chi connectivity index (χ3v) is 1.61. The molecule has 0 saturated heterocycles. The lowest BCUT2D eigenvalue weighted by atomic mass is 10.1. The second-order valence-electron chi connectivity index (χ2n) is 2.89. The summed E-state index contributed by atoms with van der Waals surface area (Å²) >= 11 is 0. The monoisotopic (exact) mass is 176 g/mol. The van der Waals surface area contributed by atoms with Gasteiger partial charge in [-0.15, -0.1) is 0 Å². The van der Waals surface area contributed by atoms with E-state index in [0.717, 1.165) is 11.1 Å². The maximum atomic E-state index is 10.6. The van der Waals surface area contributed by atoms with Crippen LogP contribution in [0.4, 0.5) is 0 Å². The van der Waals surface area contributed by atoms with E-state index in [2.05, 4.69) is 6.58 Å². The maximum Gasteiger partial charge on any atom is 0.308 e. The van der Waals surface area contributed by atoms with Gasteiger partial charge >= 0.3 is 5.97 Å². The van der Waals surface area contributed by atoms with Gasteiger partial charge in [-0.1, -0.05) is 30.3 Å². The molecule has 1 aromatic carbocycles. The first-order valence-corrected chi connectivity index (χ1v) is 4.04. The molecule has 0 spiro atoms. The second-order valence-corrected chi connectivity index (χ2v) is 2.89. The van der Waals surface area contributed by atoms with Crippen LogP contribution in [0.3, 0.4) is 0 Å². The summed E-state index contributed by atoms with van der Waals surface area (Å²) in [6, 6.07) is 7.66. The maximum absolute atomic E-state index is 10.6. The molecular weight excluding hydrogens is 164 g/mol. The molecule has 2 heteroatoms. The highest BCUT2D eigenvalue weighted by molar-refractivity contribution is 5.75. The molecule has 0 unspecified atom stereocenters. The second kappa shape index (κ2) is 3.90. The zero-order valence-electron chi connectivity index (χ0n) is 7.83. The highest BCUT2D eigenvalue weighted by Crippen LogP contribution is 2.14. The van der Waals surface area contributed by atoms with E-state index in [1.54, 1.807) is 0 Å². The van der Waals surface area contributed by atoms with Crippen molar-refractivity contribution in [3.63, 3.8) is 0 Å². The Balaban J connectivity index is 2.83. The van der Waals surface area contributed by atoms with Gasteiger partial charge in [-0.3, -0.25) is 4.79 Å². The van der Waals surface area contributed by atoms with Crippen molar-refractivity contribution in [1.82, 2.24) is 0 Å². The van der Waals surface area contributed by atoms with Crippen molar-refractivity contribution in [3.05, 3.63) is 42.0 Å². The Kier molecular flexibility index (Phi) is 2.85. The van der Waals surface area contributed by atoms with Crippen molar-refractivity contribution in [2.45, 2.75) is 13.8 Å². The summed E-state index contributed by atoms with van der Waals surface area (Å²) in [6.07, 6.45) is 0. The SMILES string of the molecule is C=C(OC(C)=O)c1cccc(C)c1. The van der Waals surface area contributed by atoms with Gasteiger partial charge < -0.3 is 4.74 Å². The van der Waals surface area contributed by atoms with Crippen LogP contribution in [0.1, 0.15) is 18.1 Å². The minimum atomic E-state index is -0.341. The van der Waals surface area contributed by atoms with E-state index < -0.39 is 0 Å². The molecule has 2 nitrogen and oxygen atoms in total. The number of carbonyl (C=O) groups excluding carboxylic acids is 1. The van der Waals surface area contributed by atoms with Gasteiger partial charge in [0.1, 0.15) is 5.76 Å². The average molecular weight is 176 g/mol. The van der Waals surface area contributed by atoms with E-state index in [1.807, 2.05) is 31.2 Å². The third-order valence-electron chi connectivity index (χ3n) is 1.61. The Labute approximate surface area is 77.8 Å². The van der Waals surface area contributed by atoms with Crippen LogP contribution in [0.5, 0.6) is 0 Å². The highest BCUT2D eigenvalue weighted by Gasteiger charge is 2.01. The van der Waals surface area contributed by atoms with Gasteiger partial charge in [-0.2, -0.15) is 0 Å². The van der Waals surface area contributed by atoms with Crippen LogP contribution in [-0.2, 0) is 9.53 Å². The smallest absolute Gasteiger partial charge is 0.308 e. The van der Waals surface area contributed by atoms with Gasteiger partial charge in [-0.05, 0) is 13.0 Å². The lowest BCUT2D eigenvalue weighted by Crippen LogP contribution is -1.97. The third kappa shape index (κ3) is 2.75. The number of hydrogen-bond donors (Lipinski definition) is 0. The van der Waals surface area contributed by atoms with Crippen LogP contribution >= 0.6 is 0 Å². The minimum Gasteiger partial charge on any atom is -0.427 e.